The number of H-pyrrole nitrogens is 4. The third kappa shape index (κ3) is 4.18. The third-order valence-corrected chi connectivity index (χ3v) is 7.97. The van der Waals surface area contributed by atoms with Crippen molar-refractivity contribution in [3.8, 4) is 45.6 Å². The molecule has 11 heteroatoms. The largest absolute Gasteiger partial charge is 0.324 e. The lowest BCUT2D eigenvalue weighted by atomic mass is 10.1. The highest BCUT2D eigenvalue weighted by Crippen LogP contribution is 2.36. The van der Waals surface area contributed by atoms with Gasteiger partial charge in [-0.3, -0.25) is 9.89 Å². The van der Waals surface area contributed by atoms with Gasteiger partial charge < -0.3 is 15.1 Å². The number of rotatable bonds is 0. The molecule has 0 aliphatic carbocycles. The van der Waals surface area contributed by atoms with Gasteiger partial charge in [0.25, 0.3) is 5.56 Å². The molecular weight excluding hydrogens is 576 g/mol. The van der Waals surface area contributed by atoms with Gasteiger partial charge in [0, 0.05) is 56.1 Å². The maximum atomic E-state index is 9.98. The fourth-order valence-electron chi connectivity index (χ4n) is 5.86. The van der Waals surface area contributed by atoms with E-state index in [-0.39, 0.29) is 5.56 Å². The van der Waals surface area contributed by atoms with Crippen molar-refractivity contribution in [1.29, 1.82) is 0 Å². The Morgan fingerprint density at radius 3 is 0.978 bits per heavy atom. The summed E-state index contributed by atoms with van der Waals surface area (Å²) in [6.45, 7) is 0. The molecule has 4 N–H and O–H groups in total. The summed E-state index contributed by atoms with van der Waals surface area (Å²) in [6, 6.07) is 33.7. The summed E-state index contributed by atoms with van der Waals surface area (Å²) in [7, 11) is 0. The molecule has 8 aromatic rings. The van der Waals surface area contributed by atoms with Crippen LogP contribution in [0.2, 0.25) is 0 Å². The minimum atomic E-state index is -0.0880. The topological polar surface area (TPSA) is 158 Å². The van der Waals surface area contributed by atoms with E-state index < -0.39 is 0 Å². The first kappa shape index (κ1) is 25.7. The first-order chi connectivity index (χ1) is 22.7. The number of hydrogen-bond donors (Lipinski definition) is 4. The lowest BCUT2D eigenvalue weighted by Gasteiger charge is -1.96. The van der Waals surface area contributed by atoms with Gasteiger partial charge in [-0.25, -0.2) is 29.9 Å². The van der Waals surface area contributed by atoms with Crippen molar-refractivity contribution >= 4 is 44.1 Å². The van der Waals surface area contributed by atoms with Gasteiger partial charge in [-0.05, 0) is 0 Å². The van der Waals surface area contributed by atoms with Crippen LogP contribution in [0, 0.1) is 0 Å². The molecule has 0 saturated carbocycles. The summed E-state index contributed by atoms with van der Waals surface area (Å²) in [4.78, 5) is 46.8. The highest BCUT2D eigenvalue weighted by Gasteiger charge is 2.21. The van der Waals surface area contributed by atoms with Crippen LogP contribution >= 0.6 is 0 Å². The van der Waals surface area contributed by atoms with E-state index in [2.05, 4.69) is 20.2 Å². The maximum absolute atomic E-state index is 9.98. The normalized spacial score (nSPS) is 11.6. The minimum Gasteiger partial charge on any atom is -0.324 e. The molecule has 6 heterocycles. The van der Waals surface area contributed by atoms with E-state index in [0.717, 1.165) is 43.8 Å². The van der Waals surface area contributed by atoms with Gasteiger partial charge in [-0.15, -0.1) is 0 Å². The van der Waals surface area contributed by atoms with Crippen LogP contribution < -0.4 is 5.56 Å². The summed E-state index contributed by atoms with van der Waals surface area (Å²) in [5, 5.41) is 8.63. The SMILES string of the molecule is O=c1cc[nH][nH]1.c1ccc2c(c1)-c1nc-2nc2[nH]c(nc3nc(nc4[nH]c(n1)c1ccccc41)-c1ccccc1-3)c1ccccc21. The van der Waals surface area contributed by atoms with E-state index in [1.54, 1.807) is 6.20 Å². The number of aromatic amines is 4. The van der Waals surface area contributed by atoms with Gasteiger partial charge in [0.1, 0.15) is 22.6 Å². The number of nitrogens with zero attached hydrogens (tertiary/aromatic N) is 6. The van der Waals surface area contributed by atoms with Gasteiger partial charge in [-0.2, -0.15) is 0 Å². The quantitative estimate of drug-likeness (QED) is 0.154. The van der Waals surface area contributed by atoms with E-state index >= 15 is 0 Å². The number of fused-ring (bicyclic) bond motifs is 20. The lowest BCUT2D eigenvalue weighted by molar-refractivity contribution is 1.06. The van der Waals surface area contributed by atoms with E-state index in [9.17, 15) is 4.79 Å². The molecule has 0 saturated heterocycles. The molecule has 46 heavy (non-hydrogen) atoms. The Morgan fingerprint density at radius 2 is 0.717 bits per heavy atom. The molecule has 218 valence electrons. The molecule has 4 aromatic carbocycles. The van der Waals surface area contributed by atoms with E-state index in [0.29, 0.717) is 45.9 Å². The van der Waals surface area contributed by atoms with E-state index in [1.165, 1.54) is 6.07 Å². The fraction of sp³-hybridized carbons (Fsp3) is 0. The van der Waals surface area contributed by atoms with Crippen LogP contribution in [0.3, 0.4) is 0 Å². The predicted octanol–water partition coefficient (Wildman–Crippen LogP) is 6.57. The van der Waals surface area contributed by atoms with E-state index in [4.69, 9.17) is 29.9 Å². The molecule has 8 bridgehead atoms. The molecule has 0 atom stereocenters. The summed E-state index contributed by atoms with van der Waals surface area (Å²) in [6.07, 6.45) is 1.54. The van der Waals surface area contributed by atoms with Gasteiger partial charge >= 0.3 is 0 Å². The number of aromatic nitrogens is 10. The number of benzene rings is 4. The zero-order chi connectivity index (χ0) is 30.6. The minimum absolute atomic E-state index is 0.0880. The Kier molecular flexibility index (Phi) is 5.69. The van der Waals surface area contributed by atoms with Gasteiger partial charge in [0.2, 0.25) is 0 Å². The molecule has 11 nitrogen and oxygen atoms in total. The Balaban J connectivity index is 0.000000440. The molecule has 10 rings (SSSR count). The van der Waals surface area contributed by atoms with Crippen LogP contribution in [-0.4, -0.2) is 50.1 Å². The molecule has 0 radical (unpaired) electrons. The molecule has 0 amide bonds. The van der Waals surface area contributed by atoms with Crippen LogP contribution in [-0.2, 0) is 0 Å². The smallest absolute Gasteiger partial charge is 0.263 e. The Bertz CT molecular complexity index is 2360. The second kappa shape index (κ2) is 10.2. The highest BCUT2D eigenvalue weighted by atomic mass is 16.1. The monoisotopic (exact) mass is 598 g/mol. The summed E-state index contributed by atoms with van der Waals surface area (Å²) >= 11 is 0. The van der Waals surface area contributed by atoms with Crippen LogP contribution in [0.25, 0.3) is 89.7 Å². The van der Waals surface area contributed by atoms with Gasteiger partial charge in [-0.1, -0.05) is 97.1 Å². The van der Waals surface area contributed by atoms with Crippen LogP contribution in [0.1, 0.15) is 0 Å². The average molecular weight is 599 g/mol. The molecule has 4 aromatic heterocycles. The number of hydrogen-bond acceptors (Lipinski definition) is 7. The highest BCUT2D eigenvalue weighted by molar-refractivity contribution is 6.06. The van der Waals surface area contributed by atoms with Crippen molar-refractivity contribution in [2.75, 3.05) is 0 Å². The molecule has 0 unspecified atom stereocenters. The second-order valence-corrected chi connectivity index (χ2v) is 10.8. The first-order valence-corrected chi connectivity index (χ1v) is 14.6. The predicted molar refractivity (Wildman–Crippen MR) is 177 cm³/mol. The first-order valence-electron chi connectivity index (χ1n) is 14.6. The van der Waals surface area contributed by atoms with Crippen LogP contribution in [0.4, 0.5) is 0 Å². The molecule has 2 aliphatic rings. The second-order valence-electron chi connectivity index (χ2n) is 10.8. The Morgan fingerprint density at radius 1 is 0.391 bits per heavy atom. The van der Waals surface area contributed by atoms with E-state index in [1.807, 2.05) is 97.1 Å². The van der Waals surface area contributed by atoms with Crippen molar-refractivity contribution in [3.63, 3.8) is 0 Å². The summed E-state index contributed by atoms with van der Waals surface area (Å²) in [5.74, 6) is 2.39. The van der Waals surface area contributed by atoms with Crippen molar-refractivity contribution < 1.29 is 0 Å². The lowest BCUT2D eigenvalue weighted by Crippen LogP contribution is -1.93. The third-order valence-electron chi connectivity index (χ3n) is 7.97. The summed E-state index contributed by atoms with van der Waals surface area (Å²) in [5.41, 5.74) is 6.36. The Labute approximate surface area is 259 Å². The standard InChI is InChI=1S/C32H18N8.C3H4N2O/c1-2-10-18-17(9-1)25-33-26(18)38-28-21-13-5-6-14-22(21)30(35-28)40-32-24-16-8-7-15-23(24)31(36-32)39-29-20-12-4-3-11-19(20)27(34-29)37-25;6-3-1-2-4-5-3/h1-16H,(H2,33,34,35,36,37,38,39,40);1-2H,(H2,4,5,6). The molecule has 0 spiro atoms. The van der Waals surface area contributed by atoms with Crippen molar-refractivity contribution in [1.82, 2.24) is 50.1 Å². The summed E-state index contributed by atoms with van der Waals surface area (Å²) < 4.78 is 0. The van der Waals surface area contributed by atoms with Gasteiger partial charge in [0.05, 0.1) is 0 Å². The molecular formula is C35H22N10O. The van der Waals surface area contributed by atoms with Gasteiger partial charge in [0.15, 0.2) is 23.3 Å². The molecule has 0 fully saturated rings. The average Bonchev–Trinajstić information content (AvgIpc) is 3.92. The van der Waals surface area contributed by atoms with Crippen LogP contribution in [0.5, 0.6) is 0 Å². The van der Waals surface area contributed by atoms with Crippen molar-refractivity contribution in [3.05, 3.63) is 120 Å². The number of nitrogens with one attached hydrogen (secondary N) is 4. The maximum Gasteiger partial charge on any atom is 0.263 e. The van der Waals surface area contributed by atoms with Crippen molar-refractivity contribution in [2.24, 2.45) is 0 Å². The zero-order valence-electron chi connectivity index (χ0n) is 24.0. The Hall–Kier alpha value is -6.75. The van der Waals surface area contributed by atoms with Crippen LogP contribution in [0.15, 0.2) is 114 Å². The zero-order valence-corrected chi connectivity index (χ0v) is 24.0. The van der Waals surface area contributed by atoms with Crippen molar-refractivity contribution in [2.45, 2.75) is 0 Å². The fourth-order valence-corrected chi connectivity index (χ4v) is 5.86. The molecule has 2 aliphatic heterocycles.